The number of Topliss-reactive ketones (excluding diaryl/α,β-unsaturated/α-hetero) is 4. The number of rotatable bonds is 29. The summed E-state index contributed by atoms with van der Waals surface area (Å²) < 4.78 is 20.2. The van der Waals surface area contributed by atoms with Crippen molar-refractivity contribution in [1.82, 2.24) is 36.2 Å². The van der Waals surface area contributed by atoms with Crippen LogP contribution in [-0.4, -0.2) is 121 Å². The summed E-state index contributed by atoms with van der Waals surface area (Å²) in [5.74, 6) is -3.27. The Bertz CT molecular complexity index is 3180. The highest BCUT2D eigenvalue weighted by atomic mass is 16.6. The van der Waals surface area contributed by atoms with Crippen molar-refractivity contribution in [2.45, 2.75) is 142 Å². The van der Waals surface area contributed by atoms with E-state index in [0.717, 1.165) is 16.8 Å². The molecule has 0 aliphatic carbocycles. The van der Waals surface area contributed by atoms with Crippen LogP contribution in [0.25, 0.3) is 0 Å². The number of ketones is 4. The monoisotopic (exact) mass is 1170 g/mol. The van der Waals surface area contributed by atoms with E-state index in [0.29, 0.717) is 56.1 Å². The van der Waals surface area contributed by atoms with Crippen LogP contribution in [0.3, 0.4) is 0 Å². The number of hydrogen-bond acceptors (Lipinski definition) is 17. The average Bonchev–Trinajstić information content (AvgIpc) is 2.49. The van der Waals surface area contributed by atoms with E-state index >= 15 is 0 Å². The quantitative estimate of drug-likeness (QED) is 0.0303. The summed E-state index contributed by atoms with van der Waals surface area (Å²) in [6.45, 7) is 15.4. The Balaban J connectivity index is 0.000000241. The zero-order chi connectivity index (χ0) is 61.8. The number of nitrogens with two attached hydrogens (primary N) is 1. The molecule has 21 heteroatoms. The first-order chi connectivity index (χ1) is 40.4. The van der Waals surface area contributed by atoms with Crippen molar-refractivity contribution in [2.24, 2.45) is 29.4 Å². The van der Waals surface area contributed by atoms with Crippen LogP contribution in [0, 0.1) is 37.5 Å². The zero-order valence-corrected chi connectivity index (χ0v) is 49.4. The molecular formula is C64H78N8O13. The normalized spacial score (nSPS) is 17.9. The molecule has 2 fully saturated rings. The maximum atomic E-state index is 13.8. The lowest BCUT2D eigenvalue weighted by molar-refractivity contribution is -0.134. The number of hydrogen-bond donors (Lipinski definition) is 5. The number of aromatic nitrogens is 4. The number of nitrogens with one attached hydrogen (secondary N) is 3. The van der Waals surface area contributed by atoms with Gasteiger partial charge in [0.05, 0.1) is 37.4 Å². The molecule has 4 aromatic heterocycles. The second-order valence-electron chi connectivity index (χ2n) is 22.9. The molecule has 8 rings (SSSR count). The molecule has 2 aromatic carbocycles. The van der Waals surface area contributed by atoms with Crippen LogP contribution in [-0.2, 0) is 63.9 Å². The molecule has 0 radical (unpaired) electrons. The Kier molecular flexibility index (Phi) is 23.9. The lowest BCUT2D eigenvalue weighted by Crippen LogP contribution is -2.50. The summed E-state index contributed by atoms with van der Waals surface area (Å²) in [7, 11) is 0. The van der Waals surface area contributed by atoms with E-state index in [2.05, 4.69) is 40.8 Å². The lowest BCUT2D eigenvalue weighted by Gasteiger charge is -2.25. The number of carboxylic acids is 1. The number of aryl methyl sites for hydroxylation is 2. The van der Waals surface area contributed by atoms with E-state index in [9.17, 15) is 38.4 Å². The number of ether oxygens (including phenoxy) is 2. The molecule has 452 valence electrons. The molecule has 85 heavy (non-hydrogen) atoms. The van der Waals surface area contributed by atoms with Crippen molar-refractivity contribution >= 4 is 46.8 Å². The minimum atomic E-state index is -1.06. The Labute approximate surface area is 495 Å². The van der Waals surface area contributed by atoms with Gasteiger partial charge in [0.25, 0.3) is 5.91 Å². The van der Waals surface area contributed by atoms with E-state index in [4.69, 9.17) is 24.8 Å². The largest absolute Gasteiger partial charge is 0.476 e. The standard InChI is InChI=1S/C32H38N4O6.C27H35N3O4.C5H5NO3/c1-20(2)14-26(29(38)32(4)19-41-32)35-30(39)23(16-22-10-6-5-7-11-22)17-28(37)25(18-24-12-8-9-13-33-24)34-31(40)27-15-21(3)42-36-27;1-18(2)13-23(25(32)27(3)17-34-27)30-26(33)20(14-19-9-5-4-6-10-19)15-24(31)22(28)16-21-11-7-8-12-29-21;1-3-2-4(5(7)8)6-9-3/h5-13,15,20,23,25-26H,14,16-19H2,1-4H3,(H,34,40)(H,35,39);4-12,18,20,22-23H,13-17,28H2,1-3H3,(H,30,33);2H,1H3,(H,7,8)/t23-,25+,26+,32-;20-,22+,23+,27-;/m11./s1. The SMILES string of the molecule is CC(C)C[C@H](NC(=O)[C@@H](CC(=O)[C@@H](N)Cc1ccccn1)Cc1ccccc1)C(=O)[C@@]1(C)CO1.Cc1cc(C(=O)N[C@@H](Cc2ccccn2)C(=O)C[C@@H](Cc2ccccc2)C(=O)N[C@@H](CC(C)C)C(=O)[C@@]2(C)CO2)no1.Cc1cc(C(=O)O)no1. The number of nitrogens with zero attached hydrogens (tertiary/aromatic N) is 4. The minimum Gasteiger partial charge on any atom is -0.476 e. The van der Waals surface area contributed by atoms with Gasteiger partial charge in [-0.3, -0.25) is 43.5 Å². The van der Waals surface area contributed by atoms with Gasteiger partial charge < -0.3 is 45.3 Å². The van der Waals surface area contributed by atoms with Crippen molar-refractivity contribution in [3.05, 3.63) is 167 Å². The molecule has 8 atom stereocenters. The molecule has 6 aromatic rings. The van der Waals surface area contributed by atoms with Gasteiger partial charge in [0.15, 0.2) is 34.5 Å². The van der Waals surface area contributed by atoms with E-state index in [-0.39, 0.29) is 77.9 Å². The summed E-state index contributed by atoms with van der Waals surface area (Å²) in [6.07, 6.45) is 5.16. The molecule has 6 N–H and O–H groups in total. The molecule has 3 amide bonds. The van der Waals surface area contributed by atoms with E-state index in [1.54, 1.807) is 64.4 Å². The van der Waals surface area contributed by atoms with E-state index in [1.165, 1.54) is 12.1 Å². The Hall–Kier alpha value is -8.40. The Morgan fingerprint density at radius 3 is 1.33 bits per heavy atom. The number of carboxylic acid groups (broad SMARTS) is 1. The molecule has 0 spiro atoms. The highest BCUT2D eigenvalue weighted by molar-refractivity contribution is 6.00. The third-order valence-electron chi connectivity index (χ3n) is 14.3. The fraction of sp³-hybridized carbons (Fsp3) is 0.438. The summed E-state index contributed by atoms with van der Waals surface area (Å²) in [4.78, 5) is 112. The number of amides is 3. The number of carbonyl (C=O) groups excluding carboxylic acids is 7. The van der Waals surface area contributed by atoms with Crippen LogP contribution in [0.2, 0.25) is 0 Å². The first-order valence-electron chi connectivity index (χ1n) is 28.5. The second-order valence-corrected chi connectivity index (χ2v) is 22.9. The summed E-state index contributed by atoms with van der Waals surface area (Å²) in [6, 6.07) is 29.5. The van der Waals surface area contributed by atoms with Gasteiger partial charge in [-0.1, -0.05) is 111 Å². The molecule has 0 saturated carbocycles. The number of pyridine rings is 2. The molecule has 0 unspecified atom stereocenters. The molecule has 2 aliphatic rings. The van der Waals surface area contributed by atoms with Crippen molar-refractivity contribution < 1.29 is 62.0 Å². The lowest BCUT2D eigenvalue weighted by atomic mass is 9.88. The van der Waals surface area contributed by atoms with Gasteiger partial charge in [0, 0.05) is 73.4 Å². The maximum absolute atomic E-state index is 13.8. The van der Waals surface area contributed by atoms with Crippen LogP contribution in [0.5, 0.6) is 0 Å². The smallest absolute Gasteiger partial charge is 0.358 e. The van der Waals surface area contributed by atoms with E-state index < -0.39 is 65.0 Å². The molecular weight excluding hydrogens is 1090 g/mol. The maximum Gasteiger partial charge on any atom is 0.358 e. The predicted octanol–water partition coefficient (Wildman–Crippen LogP) is 6.77. The second kappa shape index (κ2) is 30.9. The van der Waals surface area contributed by atoms with Gasteiger partial charge in [-0.05, 0) is 101 Å². The van der Waals surface area contributed by atoms with Crippen molar-refractivity contribution in [3.8, 4) is 0 Å². The van der Waals surface area contributed by atoms with Crippen molar-refractivity contribution in [1.29, 1.82) is 0 Å². The first kappa shape index (κ1) is 65.7. The van der Waals surface area contributed by atoms with Gasteiger partial charge in [-0.25, -0.2) is 4.79 Å². The molecule has 2 aliphatic heterocycles. The van der Waals surface area contributed by atoms with Crippen molar-refractivity contribution in [3.63, 3.8) is 0 Å². The number of aromatic carboxylic acids is 1. The third-order valence-corrected chi connectivity index (χ3v) is 14.3. The molecule has 2 saturated heterocycles. The van der Waals surface area contributed by atoms with Gasteiger partial charge in [0.2, 0.25) is 11.8 Å². The average molecular weight is 1170 g/mol. The third kappa shape index (κ3) is 21.0. The van der Waals surface area contributed by atoms with Gasteiger partial charge in [-0.15, -0.1) is 0 Å². The van der Waals surface area contributed by atoms with Crippen LogP contribution >= 0.6 is 0 Å². The minimum absolute atomic E-state index is 0.00884. The van der Waals surface area contributed by atoms with Gasteiger partial charge >= 0.3 is 5.97 Å². The highest BCUT2D eigenvalue weighted by Crippen LogP contribution is 2.31. The van der Waals surface area contributed by atoms with Crippen LogP contribution < -0.4 is 21.7 Å². The first-order valence-corrected chi connectivity index (χ1v) is 28.5. The molecule has 6 heterocycles. The fourth-order valence-electron chi connectivity index (χ4n) is 9.32. The molecule has 21 nitrogen and oxygen atoms in total. The highest BCUT2D eigenvalue weighted by Gasteiger charge is 2.51. The van der Waals surface area contributed by atoms with Crippen LogP contribution in [0.1, 0.15) is 122 Å². The van der Waals surface area contributed by atoms with Gasteiger partial charge in [0.1, 0.15) is 22.7 Å². The topological polar surface area (TPSA) is 322 Å². The van der Waals surface area contributed by atoms with E-state index in [1.807, 2.05) is 100 Å². The summed E-state index contributed by atoms with van der Waals surface area (Å²) in [5, 5.41) is 23.9. The summed E-state index contributed by atoms with van der Waals surface area (Å²) >= 11 is 0. The number of carbonyl (C=O) groups is 8. The zero-order valence-electron chi connectivity index (χ0n) is 49.4. The number of epoxide rings is 2. The van der Waals surface area contributed by atoms with Gasteiger partial charge in [-0.2, -0.15) is 0 Å². The predicted molar refractivity (Wildman–Crippen MR) is 313 cm³/mol. The number of benzene rings is 2. The Morgan fingerprint density at radius 1 is 0.553 bits per heavy atom. The van der Waals surface area contributed by atoms with Crippen molar-refractivity contribution in [2.75, 3.05) is 13.2 Å². The molecule has 0 bridgehead atoms. The fourth-order valence-corrected chi connectivity index (χ4v) is 9.32. The summed E-state index contributed by atoms with van der Waals surface area (Å²) in [5.41, 5.74) is 7.61. The van der Waals surface area contributed by atoms with Crippen LogP contribution in [0.15, 0.2) is 131 Å². The van der Waals surface area contributed by atoms with Crippen LogP contribution in [0.4, 0.5) is 0 Å². The Morgan fingerprint density at radius 2 is 0.965 bits per heavy atom.